The second-order valence-electron chi connectivity index (χ2n) is 6.19. The number of thioether (sulfide) groups is 2. The number of carbonyl (C=O) groups is 1. The first-order valence-corrected chi connectivity index (χ1v) is 11.6. The molecule has 0 fully saturated rings. The molecule has 0 radical (unpaired) electrons. The first kappa shape index (κ1) is 21.4. The van der Waals surface area contributed by atoms with E-state index in [1.807, 2.05) is 23.9 Å². The maximum atomic E-state index is 12.1. The molecule has 3 aromatic rings. The Bertz CT molecular complexity index is 1040. The molecule has 2 heterocycles. The van der Waals surface area contributed by atoms with Gasteiger partial charge in [-0.3, -0.25) is 14.9 Å². The van der Waals surface area contributed by atoms with E-state index in [1.165, 1.54) is 24.3 Å². The fourth-order valence-electron chi connectivity index (χ4n) is 2.33. The van der Waals surface area contributed by atoms with E-state index in [2.05, 4.69) is 24.1 Å². The normalized spacial score (nSPS) is 11.6. The summed E-state index contributed by atoms with van der Waals surface area (Å²) in [6.45, 7) is 4.38. The Hall–Kier alpha value is -2.30. The minimum atomic E-state index is -0.628. The van der Waals surface area contributed by atoms with Crippen LogP contribution in [-0.4, -0.2) is 32.6 Å². The Morgan fingerprint density at radius 1 is 1.34 bits per heavy atom. The summed E-state index contributed by atoms with van der Waals surface area (Å²) in [5, 5.41) is 14.0. The van der Waals surface area contributed by atoms with Crippen LogP contribution in [0.5, 0.6) is 0 Å². The maximum Gasteiger partial charge on any atom is 0.433 e. The lowest BCUT2D eigenvalue weighted by molar-refractivity contribution is -0.402. The van der Waals surface area contributed by atoms with Crippen molar-refractivity contribution in [2.75, 3.05) is 16.8 Å². The summed E-state index contributed by atoms with van der Waals surface area (Å²) in [4.78, 5) is 26.7. The van der Waals surface area contributed by atoms with Gasteiger partial charge in [0.2, 0.25) is 5.91 Å². The molecule has 0 saturated heterocycles. The number of thiazole rings is 1. The molecule has 3 rings (SSSR count). The lowest BCUT2D eigenvalue weighted by Gasteiger charge is -2.02. The Kier molecular flexibility index (Phi) is 7.34. The van der Waals surface area contributed by atoms with Gasteiger partial charge in [0, 0.05) is 23.3 Å². The molecule has 10 heteroatoms. The standard InChI is InChI=1S/C19H19N3O4S3/c1-12(2)27-9-10-28-19-21-15-6-3-13(11-16(15)29-19)20-17(23)7-4-14-5-8-18(26-14)22(24)25/h3-8,11-12H,9-10H2,1-2H3,(H,20,23). The average molecular weight is 450 g/mol. The highest BCUT2D eigenvalue weighted by Crippen LogP contribution is 2.31. The fourth-order valence-corrected chi connectivity index (χ4v) is 5.35. The Labute approximate surface area is 180 Å². The minimum absolute atomic E-state index is 0.238. The van der Waals surface area contributed by atoms with E-state index in [-0.39, 0.29) is 17.6 Å². The predicted molar refractivity (Wildman–Crippen MR) is 121 cm³/mol. The van der Waals surface area contributed by atoms with E-state index in [0.29, 0.717) is 10.9 Å². The Balaban J connectivity index is 1.58. The van der Waals surface area contributed by atoms with Gasteiger partial charge in [0.05, 0.1) is 16.3 Å². The molecule has 0 bridgehead atoms. The summed E-state index contributed by atoms with van der Waals surface area (Å²) in [5.41, 5.74) is 1.57. The molecular formula is C19H19N3O4S3. The molecule has 0 aliphatic carbocycles. The number of nitro groups is 1. The summed E-state index contributed by atoms with van der Waals surface area (Å²) in [7, 11) is 0. The lowest BCUT2D eigenvalue weighted by Crippen LogP contribution is -2.07. The molecule has 1 amide bonds. The van der Waals surface area contributed by atoms with Crippen LogP contribution < -0.4 is 5.32 Å². The van der Waals surface area contributed by atoms with Crippen LogP contribution in [0.25, 0.3) is 16.3 Å². The van der Waals surface area contributed by atoms with E-state index >= 15 is 0 Å². The molecule has 152 valence electrons. The van der Waals surface area contributed by atoms with Gasteiger partial charge in [0.15, 0.2) is 4.34 Å². The van der Waals surface area contributed by atoms with Crippen LogP contribution >= 0.6 is 34.9 Å². The topological polar surface area (TPSA) is 98.3 Å². The van der Waals surface area contributed by atoms with Crippen molar-refractivity contribution in [2.24, 2.45) is 0 Å². The zero-order valence-electron chi connectivity index (χ0n) is 15.8. The van der Waals surface area contributed by atoms with Crippen molar-refractivity contribution >= 4 is 68.6 Å². The molecule has 29 heavy (non-hydrogen) atoms. The van der Waals surface area contributed by atoms with Crippen molar-refractivity contribution < 1.29 is 14.1 Å². The van der Waals surface area contributed by atoms with Crippen molar-refractivity contribution in [3.05, 3.63) is 52.3 Å². The second-order valence-corrected chi connectivity index (χ2v) is 10.2. The number of rotatable bonds is 9. The minimum Gasteiger partial charge on any atom is -0.401 e. The molecule has 0 aliphatic rings. The summed E-state index contributed by atoms with van der Waals surface area (Å²) >= 11 is 5.29. The number of hydrogen-bond donors (Lipinski definition) is 1. The van der Waals surface area contributed by atoms with Gasteiger partial charge < -0.3 is 9.73 Å². The average Bonchev–Trinajstić information content (AvgIpc) is 3.30. The summed E-state index contributed by atoms with van der Waals surface area (Å²) < 4.78 is 7.01. The van der Waals surface area contributed by atoms with E-state index < -0.39 is 4.92 Å². The number of nitrogens with one attached hydrogen (secondary N) is 1. The number of fused-ring (bicyclic) bond motifs is 1. The molecule has 0 spiro atoms. The van der Waals surface area contributed by atoms with Gasteiger partial charge in [0.25, 0.3) is 0 Å². The number of hydrogen-bond acceptors (Lipinski definition) is 8. The third-order valence-corrected chi connectivity index (χ3v) is 7.12. The highest BCUT2D eigenvalue weighted by molar-refractivity contribution is 8.04. The molecule has 1 aromatic carbocycles. The Morgan fingerprint density at radius 3 is 2.90 bits per heavy atom. The van der Waals surface area contributed by atoms with Gasteiger partial charge in [-0.15, -0.1) is 11.3 Å². The molecule has 7 nitrogen and oxygen atoms in total. The smallest absolute Gasteiger partial charge is 0.401 e. The molecule has 2 aromatic heterocycles. The zero-order valence-corrected chi connectivity index (χ0v) is 18.2. The number of anilines is 1. The second kappa shape index (κ2) is 9.95. The van der Waals surface area contributed by atoms with E-state index in [0.717, 1.165) is 26.1 Å². The van der Waals surface area contributed by atoms with Gasteiger partial charge in [-0.1, -0.05) is 25.6 Å². The van der Waals surface area contributed by atoms with Gasteiger partial charge in [-0.25, -0.2) is 4.98 Å². The SMILES string of the molecule is CC(C)SCCSc1nc2ccc(NC(=O)C=Cc3ccc([N+](=O)[O-])o3)cc2s1. The molecule has 1 N–H and O–H groups in total. The summed E-state index contributed by atoms with van der Waals surface area (Å²) in [6, 6.07) is 8.25. The van der Waals surface area contributed by atoms with Crippen LogP contribution in [0.2, 0.25) is 0 Å². The van der Waals surface area contributed by atoms with Crippen molar-refractivity contribution in [3.8, 4) is 0 Å². The number of aromatic nitrogens is 1. The third kappa shape index (κ3) is 6.34. The number of benzene rings is 1. The molecule has 0 atom stereocenters. The summed E-state index contributed by atoms with van der Waals surface area (Å²) in [6.07, 6.45) is 2.66. The molecule has 0 aliphatic heterocycles. The van der Waals surface area contributed by atoms with Crippen molar-refractivity contribution in [3.63, 3.8) is 0 Å². The largest absolute Gasteiger partial charge is 0.433 e. The zero-order chi connectivity index (χ0) is 20.8. The van der Waals surface area contributed by atoms with Gasteiger partial charge in [-0.05, 0) is 35.6 Å². The molecule has 0 unspecified atom stereocenters. The lowest BCUT2D eigenvalue weighted by atomic mass is 10.3. The monoisotopic (exact) mass is 449 g/mol. The first-order chi connectivity index (χ1) is 13.9. The predicted octanol–water partition coefficient (Wildman–Crippen LogP) is 5.68. The maximum absolute atomic E-state index is 12.1. The quantitative estimate of drug-likeness (QED) is 0.147. The Morgan fingerprint density at radius 2 is 2.17 bits per heavy atom. The third-order valence-electron chi connectivity index (χ3n) is 3.59. The molecule has 0 saturated carbocycles. The van der Waals surface area contributed by atoms with Crippen molar-refractivity contribution in [1.82, 2.24) is 4.98 Å². The van der Waals surface area contributed by atoms with E-state index in [1.54, 1.807) is 29.2 Å². The number of furan rings is 1. The number of nitrogens with zero attached hydrogens (tertiary/aromatic N) is 2. The fraction of sp³-hybridized carbons (Fsp3) is 0.263. The van der Waals surface area contributed by atoms with Crippen molar-refractivity contribution in [1.29, 1.82) is 0 Å². The van der Waals surface area contributed by atoms with Crippen LogP contribution in [-0.2, 0) is 4.79 Å². The number of amides is 1. The van der Waals surface area contributed by atoms with Crippen LogP contribution in [0, 0.1) is 10.1 Å². The highest BCUT2D eigenvalue weighted by atomic mass is 32.2. The van der Waals surface area contributed by atoms with Gasteiger partial charge in [0.1, 0.15) is 10.7 Å². The van der Waals surface area contributed by atoms with Crippen LogP contribution in [0.3, 0.4) is 0 Å². The first-order valence-electron chi connectivity index (χ1n) is 8.79. The van der Waals surface area contributed by atoms with Gasteiger partial charge in [-0.2, -0.15) is 11.8 Å². The van der Waals surface area contributed by atoms with Crippen LogP contribution in [0.1, 0.15) is 19.6 Å². The summed E-state index contributed by atoms with van der Waals surface area (Å²) in [5.74, 6) is 1.62. The van der Waals surface area contributed by atoms with E-state index in [4.69, 9.17) is 4.42 Å². The number of carbonyl (C=O) groups excluding carboxylic acids is 1. The van der Waals surface area contributed by atoms with Crippen LogP contribution in [0.15, 0.2) is 45.2 Å². The molecular weight excluding hydrogens is 430 g/mol. The van der Waals surface area contributed by atoms with Gasteiger partial charge >= 0.3 is 5.88 Å². The highest BCUT2D eigenvalue weighted by Gasteiger charge is 2.10. The van der Waals surface area contributed by atoms with E-state index in [9.17, 15) is 14.9 Å². The van der Waals surface area contributed by atoms with Crippen LogP contribution in [0.4, 0.5) is 11.6 Å². The van der Waals surface area contributed by atoms with Crippen molar-refractivity contribution in [2.45, 2.75) is 23.4 Å².